The molecule has 4 fully saturated rings. The number of nitrogens with zero attached hydrogens (tertiary/aromatic N) is 4. The number of aromatic nitrogens is 1. The lowest BCUT2D eigenvalue weighted by Crippen LogP contribution is -2.62. The van der Waals surface area contributed by atoms with E-state index in [0.717, 1.165) is 76.1 Å². The number of amides is 1. The highest BCUT2D eigenvalue weighted by molar-refractivity contribution is 5.99. The molecule has 4 heterocycles. The standard InChI is InChI=1S/C20H28N4O2/c25-20(22-8-1-2-9-22)17-4-3-7-21-19(17)23-10-11-24-16(12-23)13-26-14-18(24)15-5-6-15/h3-4,7,15-16,18H,1-2,5-6,8-14H2/t16-,18-/m1/s1. The number of piperazine rings is 1. The minimum Gasteiger partial charge on any atom is -0.378 e. The maximum atomic E-state index is 13.0. The molecule has 6 heteroatoms. The zero-order valence-electron chi connectivity index (χ0n) is 15.3. The molecule has 0 radical (unpaired) electrons. The van der Waals surface area contributed by atoms with Gasteiger partial charge in [-0.15, -0.1) is 0 Å². The van der Waals surface area contributed by atoms with Crippen LogP contribution in [0.2, 0.25) is 0 Å². The number of hydrogen-bond acceptors (Lipinski definition) is 5. The van der Waals surface area contributed by atoms with Crippen LogP contribution in [0.3, 0.4) is 0 Å². The Morgan fingerprint density at radius 2 is 1.96 bits per heavy atom. The van der Waals surface area contributed by atoms with Gasteiger partial charge in [0.15, 0.2) is 0 Å². The number of carbonyl (C=O) groups excluding carboxylic acids is 1. The molecule has 0 unspecified atom stereocenters. The van der Waals surface area contributed by atoms with Crippen molar-refractivity contribution >= 4 is 11.7 Å². The molecular formula is C20H28N4O2. The quantitative estimate of drug-likeness (QED) is 0.824. The Morgan fingerprint density at radius 3 is 2.77 bits per heavy atom. The van der Waals surface area contributed by atoms with Gasteiger partial charge in [-0.1, -0.05) is 0 Å². The molecule has 1 aromatic heterocycles. The third kappa shape index (κ3) is 2.99. The molecule has 0 bridgehead atoms. The van der Waals surface area contributed by atoms with Crippen LogP contribution in [0.4, 0.5) is 5.82 Å². The molecule has 1 aromatic rings. The molecule has 140 valence electrons. The second-order valence-electron chi connectivity index (χ2n) is 8.15. The van der Waals surface area contributed by atoms with Crippen molar-refractivity contribution in [3.8, 4) is 0 Å². The summed E-state index contributed by atoms with van der Waals surface area (Å²) in [7, 11) is 0. The van der Waals surface area contributed by atoms with Gasteiger partial charge in [0, 0.05) is 45.0 Å². The number of fused-ring (bicyclic) bond motifs is 1. The van der Waals surface area contributed by atoms with Crippen LogP contribution in [0.5, 0.6) is 0 Å². The molecule has 0 aromatic carbocycles. The SMILES string of the molecule is O=C(c1cccnc1N1CCN2[C@@H](COC[C@@H]2C2CC2)C1)N1CCCC1. The maximum Gasteiger partial charge on any atom is 0.257 e. The van der Waals surface area contributed by atoms with E-state index in [0.29, 0.717) is 12.1 Å². The lowest BCUT2D eigenvalue weighted by Gasteiger charge is -2.48. The minimum atomic E-state index is 0.142. The number of morpholine rings is 1. The zero-order valence-corrected chi connectivity index (χ0v) is 15.3. The monoisotopic (exact) mass is 356 g/mol. The van der Waals surface area contributed by atoms with Crippen LogP contribution in [0, 0.1) is 5.92 Å². The molecule has 4 aliphatic rings. The van der Waals surface area contributed by atoms with E-state index in [9.17, 15) is 4.79 Å². The maximum absolute atomic E-state index is 13.0. The van der Waals surface area contributed by atoms with Crippen LogP contribution < -0.4 is 4.90 Å². The van der Waals surface area contributed by atoms with Gasteiger partial charge in [-0.3, -0.25) is 9.69 Å². The second kappa shape index (κ2) is 6.82. The van der Waals surface area contributed by atoms with E-state index in [1.165, 1.54) is 12.8 Å². The third-order valence-corrected chi connectivity index (χ3v) is 6.43. The van der Waals surface area contributed by atoms with Gasteiger partial charge in [-0.25, -0.2) is 4.98 Å². The average Bonchev–Trinajstić information content (AvgIpc) is 3.40. The van der Waals surface area contributed by atoms with Gasteiger partial charge in [0.25, 0.3) is 5.91 Å². The molecule has 3 aliphatic heterocycles. The minimum absolute atomic E-state index is 0.142. The van der Waals surface area contributed by atoms with Crippen LogP contribution in [0.15, 0.2) is 18.3 Å². The first kappa shape index (κ1) is 16.5. The lowest BCUT2D eigenvalue weighted by molar-refractivity contribution is -0.0603. The highest BCUT2D eigenvalue weighted by Gasteiger charge is 2.43. The molecule has 3 saturated heterocycles. The fourth-order valence-electron chi connectivity index (χ4n) is 4.86. The predicted molar refractivity (Wildman–Crippen MR) is 99.4 cm³/mol. The number of anilines is 1. The summed E-state index contributed by atoms with van der Waals surface area (Å²) in [5, 5.41) is 0. The van der Waals surface area contributed by atoms with Crippen LogP contribution in [-0.4, -0.2) is 78.7 Å². The van der Waals surface area contributed by atoms with Gasteiger partial charge in [0.05, 0.1) is 24.8 Å². The molecule has 1 saturated carbocycles. The van der Waals surface area contributed by atoms with Crippen molar-refractivity contribution in [1.82, 2.24) is 14.8 Å². The van der Waals surface area contributed by atoms with Crippen molar-refractivity contribution in [1.29, 1.82) is 0 Å². The zero-order chi connectivity index (χ0) is 17.5. The van der Waals surface area contributed by atoms with E-state index in [-0.39, 0.29) is 5.91 Å². The highest BCUT2D eigenvalue weighted by Crippen LogP contribution is 2.38. The largest absolute Gasteiger partial charge is 0.378 e. The first-order valence-corrected chi connectivity index (χ1v) is 10.1. The molecule has 2 atom stereocenters. The predicted octanol–water partition coefficient (Wildman–Crippen LogP) is 1.62. The third-order valence-electron chi connectivity index (χ3n) is 6.43. The van der Waals surface area contributed by atoms with Crippen molar-refractivity contribution in [2.24, 2.45) is 5.92 Å². The summed E-state index contributed by atoms with van der Waals surface area (Å²) in [6, 6.07) is 4.85. The number of likely N-dealkylation sites (tertiary alicyclic amines) is 1. The summed E-state index contributed by atoms with van der Waals surface area (Å²) in [6.45, 7) is 6.33. The van der Waals surface area contributed by atoms with Gasteiger partial charge >= 0.3 is 0 Å². The van der Waals surface area contributed by atoms with Gasteiger partial charge in [-0.2, -0.15) is 0 Å². The van der Waals surface area contributed by atoms with E-state index in [1.807, 2.05) is 23.2 Å². The molecule has 1 amide bonds. The van der Waals surface area contributed by atoms with Gasteiger partial charge in [0.2, 0.25) is 0 Å². The molecular weight excluding hydrogens is 328 g/mol. The van der Waals surface area contributed by atoms with Crippen molar-refractivity contribution < 1.29 is 9.53 Å². The Kier molecular flexibility index (Phi) is 4.33. The molecule has 6 nitrogen and oxygen atoms in total. The normalized spacial score (nSPS) is 29.7. The number of carbonyl (C=O) groups is 1. The molecule has 5 rings (SSSR count). The number of ether oxygens (including phenoxy) is 1. The van der Waals surface area contributed by atoms with E-state index >= 15 is 0 Å². The Morgan fingerprint density at radius 1 is 1.12 bits per heavy atom. The Labute approximate surface area is 155 Å². The van der Waals surface area contributed by atoms with Crippen molar-refractivity contribution in [2.75, 3.05) is 50.8 Å². The van der Waals surface area contributed by atoms with Gasteiger partial charge < -0.3 is 14.5 Å². The lowest BCUT2D eigenvalue weighted by atomic mass is 10.0. The summed E-state index contributed by atoms with van der Waals surface area (Å²) in [5.74, 6) is 1.84. The number of rotatable bonds is 3. The molecule has 0 spiro atoms. The van der Waals surface area contributed by atoms with Crippen LogP contribution >= 0.6 is 0 Å². The molecule has 1 aliphatic carbocycles. The van der Waals surface area contributed by atoms with Gasteiger partial charge in [-0.05, 0) is 43.7 Å². The molecule has 0 N–H and O–H groups in total. The summed E-state index contributed by atoms with van der Waals surface area (Å²) < 4.78 is 5.93. The highest BCUT2D eigenvalue weighted by atomic mass is 16.5. The summed E-state index contributed by atoms with van der Waals surface area (Å²) in [4.78, 5) is 24.5. The van der Waals surface area contributed by atoms with E-state index in [4.69, 9.17) is 4.74 Å². The van der Waals surface area contributed by atoms with Crippen LogP contribution in [0.1, 0.15) is 36.0 Å². The first-order chi connectivity index (χ1) is 12.8. The van der Waals surface area contributed by atoms with Gasteiger partial charge in [0.1, 0.15) is 5.82 Å². The van der Waals surface area contributed by atoms with Crippen LogP contribution in [0.25, 0.3) is 0 Å². The Bertz CT molecular complexity index is 672. The number of hydrogen-bond donors (Lipinski definition) is 0. The number of pyridine rings is 1. The topological polar surface area (TPSA) is 48.9 Å². The fraction of sp³-hybridized carbons (Fsp3) is 0.700. The fourth-order valence-corrected chi connectivity index (χ4v) is 4.86. The van der Waals surface area contributed by atoms with E-state index in [1.54, 1.807) is 0 Å². The van der Waals surface area contributed by atoms with Crippen molar-refractivity contribution in [3.63, 3.8) is 0 Å². The average molecular weight is 356 g/mol. The Balaban J connectivity index is 1.35. The Hall–Kier alpha value is -1.66. The van der Waals surface area contributed by atoms with Crippen molar-refractivity contribution in [3.05, 3.63) is 23.9 Å². The summed E-state index contributed by atoms with van der Waals surface area (Å²) in [5.41, 5.74) is 0.762. The summed E-state index contributed by atoms with van der Waals surface area (Å²) >= 11 is 0. The molecule has 26 heavy (non-hydrogen) atoms. The van der Waals surface area contributed by atoms with E-state index in [2.05, 4.69) is 14.8 Å². The van der Waals surface area contributed by atoms with E-state index < -0.39 is 0 Å². The second-order valence-corrected chi connectivity index (χ2v) is 8.15. The first-order valence-electron chi connectivity index (χ1n) is 10.1. The summed E-state index contributed by atoms with van der Waals surface area (Å²) in [6.07, 6.45) is 6.75. The van der Waals surface area contributed by atoms with Crippen LogP contribution in [-0.2, 0) is 4.74 Å². The van der Waals surface area contributed by atoms with Crippen molar-refractivity contribution in [2.45, 2.75) is 37.8 Å². The smallest absolute Gasteiger partial charge is 0.257 e.